The SMILES string of the molecule is Fc1ccccc1C=NNc1nc(N2CCCCC2)nc(N2CCOCC2)n1. The topological polar surface area (TPSA) is 78.8 Å². The van der Waals surface area contributed by atoms with Gasteiger partial charge in [0.25, 0.3) is 0 Å². The first-order valence-electron chi connectivity index (χ1n) is 9.67. The number of ether oxygens (including phenoxy) is 1. The molecule has 0 bridgehead atoms. The number of nitrogens with zero attached hydrogens (tertiary/aromatic N) is 6. The molecule has 0 saturated carbocycles. The molecule has 1 N–H and O–H groups in total. The summed E-state index contributed by atoms with van der Waals surface area (Å²) >= 11 is 0. The van der Waals surface area contributed by atoms with E-state index in [0.29, 0.717) is 36.6 Å². The van der Waals surface area contributed by atoms with Crippen LogP contribution in [-0.2, 0) is 4.74 Å². The molecule has 0 amide bonds. The number of benzene rings is 1. The van der Waals surface area contributed by atoms with Gasteiger partial charge in [-0.2, -0.15) is 20.1 Å². The van der Waals surface area contributed by atoms with Crippen LogP contribution in [0.15, 0.2) is 29.4 Å². The summed E-state index contributed by atoms with van der Waals surface area (Å²) in [5, 5.41) is 4.12. The number of hydrogen-bond donors (Lipinski definition) is 1. The molecular weight excluding hydrogens is 361 g/mol. The average molecular weight is 385 g/mol. The highest BCUT2D eigenvalue weighted by atomic mass is 19.1. The maximum Gasteiger partial charge on any atom is 0.250 e. The Morgan fingerprint density at radius 3 is 2.32 bits per heavy atom. The molecule has 0 spiro atoms. The van der Waals surface area contributed by atoms with Gasteiger partial charge in [0.1, 0.15) is 5.82 Å². The number of piperidine rings is 1. The van der Waals surface area contributed by atoms with Gasteiger partial charge in [-0.05, 0) is 25.3 Å². The second kappa shape index (κ2) is 8.92. The third-order valence-electron chi connectivity index (χ3n) is 4.82. The minimum Gasteiger partial charge on any atom is -0.378 e. The minimum atomic E-state index is -0.327. The summed E-state index contributed by atoms with van der Waals surface area (Å²) in [5.41, 5.74) is 3.23. The number of halogens is 1. The maximum absolute atomic E-state index is 13.7. The Labute approximate surface area is 163 Å². The lowest BCUT2D eigenvalue weighted by Crippen LogP contribution is -2.38. The Morgan fingerprint density at radius 2 is 1.61 bits per heavy atom. The molecule has 2 aliphatic rings. The molecule has 0 unspecified atom stereocenters. The van der Waals surface area contributed by atoms with Crippen LogP contribution in [0.5, 0.6) is 0 Å². The third-order valence-corrected chi connectivity index (χ3v) is 4.82. The van der Waals surface area contributed by atoms with Gasteiger partial charge in [0.05, 0.1) is 19.4 Å². The van der Waals surface area contributed by atoms with Crippen molar-refractivity contribution in [2.75, 3.05) is 54.6 Å². The minimum absolute atomic E-state index is 0.327. The molecule has 8 nitrogen and oxygen atoms in total. The number of aromatic nitrogens is 3. The number of hydrazone groups is 1. The summed E-state index contributed by atoms with van der Waals surface area (Å²) in [6.45, 7) is 4.65. The number of anilines is 3. The van der Waals surface area contributed by atoms with Crippen molar-refractivity contribution in [3.8, 4) is 0 Å². The molecule has 2 fully saturated rings. The molecule has 2 aromatic rings. The van der Waals surface area contributed by atoms with Gasteiger partial charge in [-0.25, -0.2) is 9.82 Å². The molecule has 2 aliphatic heterocycles. The second-order valence-corrected chi connectivity index (χ2v) is 6.80. The molecule has 148 valence electrons. The fraction of sp³-hybridized carbons (Fsp3) is 0.474. The van der Waals surface area contributed by atoms with E-state index >= 15 is 0 Å². The van der Waals surface area contributed by atoms with Crippen LogP contribution < -0.4 is 15.2 Å². The van der Waals surface area contributed by atoms with E-state index in [2.05, 4.69) is 35.3 Å². The summed E-state index contributed by atoms with van der Waals surface area (Å²) in [6.07, 6.45) is 4.92. The van der Waals surface area contributed by atoms with Crippen molar-refractivity contribution in [2.24, 2.45) is 5.10 Å². The monoisotopic (exact) mass is 385 g/mol. The molecule has 0 atom stereocenters. The van der Waals surface area contributed by atoms with Crippen LogP contribution in [0.25, 0.3) is 0 Å². The largest absolute Gasteiger partial charge is 0.378 e. The van der Waals surface area contributed by atoms with Gasteiger partial charge in [0, 0.05) is 31.7 Å². The van der Waals surface area contributed by atoms with Crippen LogP contribution in [0.2, 0.25) is 0 Å². The van der Waals surface area contributed by atoms with E-state index in [0.717, 1.165) is 39.0 Å². The average Bonchev–Trinajstić information content (AvgIpc) is 2.76. The van der Waals surface area contributed by atoms with Crippen molar-refractivity contribution in [1.29, 1.82) is 0 Å². The molecule has 0 aliphatic carbocycles. The van der Waals surface area contributed by atoms with E-state index in [9.17, 15) is 4.39 Å². The van der Waals surface area contributed by atoms with Gasteiger partial charge in [-0.1, -0.05) is 18.2 Å². The summed E-state index contributed by atoms with van der Waals surface area (Å²) in [6, 6.07) is 6.46. The lowest BCUT2D eigenvalue weighted by atomic mass is 10.1. The van der Waals surface area contributed by atoms with E-state index < -0.39 is 0 Å². The fourth-order valence-corrected chi connectivity index (χ4v) is 3.28. The molecule has 0 radical (unpaired) electrons. The molecule has 9 heteroatoms. The second-order valence-electron chi connectivity index (χ2n) is 6.80. The standard InChI is InChI=1S/C19H24FN7O/c20-16-7-3-2-6-15(16)14-21-25-17-22-18(26-8-4-1-5-9-26)24-19(23-17)27-10-12-28-13-11-27/h2-3,6-7,14H,1,4-5,8-13H2,(H,22,23,24,25). The lowest BCUT2D eigenvalue weighted by molar-refractivity contribution is 0.122. The van der Waals surface area contributed by atoms with Crippen LogP contribution in [-0.4, -0.2) is 60.6 Å². The normalized spacial score (nSPS) is 17.9. The molecule has 28 heavy (non-hydrogen) atoms. The highest BCUT2D eigenvalue weighted by molar-refractivity contribution is 5.80. The predicted molar refractivity (Wildman–Crippen MR) is 107 cm³/mol. The number of rotatable bonds is 5. The van der Waals surface area contributed by atoms with E-state index in [1.165, 1.54) is 18.7 Å². The Hall–Kier alpha value is -2.81. The number of hydrogen-bond acceptors (Lipinski definition) is 8. The first-order chi connectivity index (χ1) is 13.8. The first kappa shape index (κ1) is 18.5. The Kier molecular flexibility index (Phi) is 5.91. The molecule has 2 saturated heterocycles. The van der Waals surface area contributed by atoms with Gasteiger partial charge in [0.2, 0.25) is 17.8 Å². The summed E-state index contributed by atoms with van der Waals surface area (Å²) in [5.74, 6) is 1.29. The summed E-state index contributed by atoms with van der Waals surface area (Å²) in [4.78, 5) is 18.0. The molecule has 3 heterocycles. The van der Waals surface area contributed by atoms with Crippen LogP contribution in [0.3, 0.4) is 0 Å². The Balaban J connectivity index is 1.56. The van der Waals surface area contributed by atoms with Crippen molar-refractivity contribution >= 4 is 24.1 Å². The maximum atomic E-state index is 13.7. The molecular formula is C19H24FN7O. The third kappa shape index (κ3) is 4.53. The predicted octanol–water partition coefficient (Wildman–Crippen LogP) is 2.28. The van der Waals surface area contributed by atoms with Crippen LogP contribution in [0.1, 0.15) is 24.8 Å². The zero-order chi connectivity index (χ0) is 19.2. The van der Waals surface area contributed by atoms with Gasteiger partial charge in [-0.15, -0.1) is 0 Å². The van der Waals surface area contributed by atoms with Crippen LogP contribution >= 0.6 is 0 Å². The number of morpholine rings is 1. The Morgan fingerprint density at radius 1 is 0.929 bits per heavy atom. The highest BCUT2D eigenvalue weighted by Crippen LogP contribution is 2.21. The van der Waals surface area contributed by atoms with Crippen molar-refractivity contribution < 1.29 is 9.13 Å². The molecule has 1 aromatic carbocycles. The van der Waals surface area contributed by atoms with E-state index in [1.807, 2.05) is 0 Å². The van der Waals surface area contributed by atoms with Crippen molar-refractivity contribution in [2.45, 2.75) is 19.3 Å². The number of nitrogens with one attached hydrogen (secondary N) is 1. The zero-order valence-corrected chi connectivity index (χ0v) is 15.7. The van der Waals surface area contributed by atoms with Gasteiger partial charge in [-0.3, -0.25) is 0 Å². The molecule has 4 rings (SSSR count). The molecule has 1 aromatic heterocycles. The van der Waals surface area contributed by atoms with Crippen molar-refractivity contribution in [1.82, 2.24) is 15.0 Å². The van der Waals surface area contributed by atoms with Crippen molar-refractivity contribution in [3.05, 3.63) is 35.6 Å². The van der Waals surface area contributed by atoms with E-state index in [1.54, 1.807) is 18.2 Å². The van der Waals surface area contributed by atoms with Crippen LogP contribution in [0, 0.1) is 5.82 Å². The van der Waals surface area contributed by atoms with Gasteiger partial charge < -0.3 is 14.5 Å². The van der Waals surface area contributed by atoms with Crippen molar-refractivity contribution in [3.63, 3.8) is 0 Å². The van der Waals surface area contributed by atoms with E-state index in [4.69, 9.17) is 4.74 Å². The lowest BCUT2D eigenvalue weighted by Gasteiger charge is -2.30. The zero-order valence-electron chi connectivity index (χ0n) is 15.7. The smallest absolute Gasteiger partial charge is 0.250 e. The van der Waals surface area contributed by atoms with Gasteiger partial charge >= 0.3 is 0 Å². The van der Waals surface area contributed by atoms with Crippen LogP contribution in [0.4, 0.5) is 22.2 Å². The summed E-state index contributed by atoms with van der Waals surface area (Å²) < 4.78 is 19.2. The van der Waals surface area contributed by atoms with Gasteiger partial charge in [0.15, 0.2) is 0 Å². The quantitative estimate of drug-likeness (QED) is 0.625. The Bertz CT molecular complexity index is 783. The first-order valence-corrected chi connectivity index (χ1v) is 9.67. The van der Waals surface area contributed by atoms with E-state index in [-0.39, 0.29) is 5.82 Å². The fourth-order valence-electron chi connectivity index (χ4n) is 3.28. The highest BCUT2D eigenvalue weighted by Gasteiger charge is 2.20. The summed E-state index contributed by atoms with van der Waals surface area (Å²) in [7, 11) is 0.